The molecule has 0 heterocycles. The molecular weight excluding hydrogens is 360 g/mol. The van der Waals surface area contributed by atoms with E-state index in [0.29, 0.717) is 0 Å². The molecule has 2 aromatic carbocycles. The van der Waals surface area contributed by atoms with Crippen molar-refractivity contribution >= 4 is 28.3 Å². The first-order valence-electron chi connectivity index (χ1n) is 7.85. The monoisotopic (exact) mass is 376 g/mol. The summed E-state index contributed by atoms with van der Waals surface area (Å²) >= 11 is 0. The molecule has 0 bridgehead atoms. The molecule has 3 rings (SSSR count). The second-order valence-electron chi connectivity index (χ2n) is 6.75. The van der Waals surface area contributed by atoms with Gasteiger partial charge >= 0.3 is 5.97 Å². The Morgan fingerprint density at radius 3 is 2.30 bits per heavy atom. The van der Waals surface area contributed by atoms with Crippen molar-refractivity contribution in [3.05, 3.63) is 29.3 Å². The number of benzene rings is 2. The highest BCUT2D eigenvalue weighted by Crippen LogP contribution is 2.47. The van der Waals surface area contributed by atoms with Crippen LogP contribution in [0.2, 0.25) is 0 Å². The fourth-order valence-electron chi connectivity index (χ4n) is 3.67. The molecule has 0 saturated carbocycles. The van der Waals surface area contributed by atoms with Crippen LogP contribution in [0.15, 0.2) is 18.2 Å². The van der Waals surface area contributed by atoms with E-state index in [1.807, 2.05) is 0 Å². The number of aliphatic hydroxyl groups is 2. The molecule has 27 heavy (non-hydrogen) atoms. The number of rotatable bonds is 3. The average molecular weight is 376 g/mol. The van der Waals surface area contributed by atoms with Crippen LogP contribution in [-0.2, 0) is 16.0 Å². The van der Waals surface area contributed by atoms with E-state index in [0.717, 1.165) is 13.0 Å². The topological polar surface area (TPSA) is 173 Å². The van der Waals surface area contributed by atoms with Gasteiger partial charge in [-0.25, -0.2) is 4.79 Å². The Morgan fingerprint density at radius 1 is 1.11 bits per heavy atom. The van der Waals surface area contributed by atoms with Gasteiger partial charge in [-0.1, -0.05) is 0 Å². The third kappa shape index (κ3) is 2.43. The van der Waals surface area contributed by atoms with Gasteiger partial charge in [-0.2, -0.15) is 0 Å². The summed E-state index contributed by atoms with van der Waals surface area (Å²) in [7, 11) is 0. The summed E-state index contributed by atoms with van der Waals surface area (Å²) in [5.74, 6) is -5.93. The van der Waals surface area contributed by atoms with Crippen molar-refractivity contribution in [2.24, 2.45) is 0 Å². The minimum atomic E-state index is -3.37. The average Bonchev–Trinajstić information content (AvgIpc) is 2.50. The predicted octanol–water partition coefficient (Wildman–Crippen LogP) is 0.221. The summed E-state index contributed by atoms with van der Waals surface area (Å²) in [5.41, 5.74) is -6.64. The number of phenols is 3. The van der Waals surface area contributed by atoms with Crippen molar-refractivity contribution in [3.63, 3.8) is 0 Å². The lowest BCUT2D eigenvalue weighted by molar-refractivity contribution is -0.182. The van der Waals surface area contributed by atoms with Gasteiger partial charge in [0.25, 0.3) is 5.60 Å². The van der Waals surface area contributed by atoms with Gasteiger partial charge in [0.2, 0.25) is 5.78 Å². The van der Waals surface area contributed by atoms with Crippen LogP contribution in [0, 0.1) is 0 Å². The molecule has 1 aliphatic rings. The van der Waals surface area contributed by atoms with E-state index in [1.54, 1.807) is 0 Å². The Labute approximate surface area is 151 Å². The third-order valence-electron chi connectivity index (χ3n) is 4.82. The van der Waals surface area contributed by atoms with E-state index in [9.17, 15) is 45.0 Å². The molecular formula is C18H16O9. The molecule has 9 heteroatoms. The molecule has 1 aliphatic carbocycles. The van der Waals surface area contributed by atoms with E-state index >= 15 is 0 Å². The highest BCUT2D eigenvalue weighted by molar-refractivity contribution is 6.21. The second-order valence-corrected chi connectivity index (χ2v) is 6.75. The van der Waals surface area contributed by atoms with Crippen molar-refractivity contribution in [1.29, 1.82) is 0 Å². The zero-order chi connectivity index (χ0) is 20.3. The molecule has 2 atom stereocenters. The zero-order valence-corrected chi connectivity index (χ0v) is 14.1. The fourth-order valence-corrected chi connectivity index (χ4v) is 3.67. The zero-order valence-electron chi connectivity index (χ0n) is 14.1. The quantitative estimate of drug-likeness (QED) is 0.410. The van der Waals surface area contributed by atoms with Crippen molar-refractivity contribution in [2.75, 3.05) is 0 Å². The highest BCUT2D eigenvalue weighted by Gasteiger charge is 2.64. The number of fused-ring (bicyclic) bond motifs is 2. The lowest BCUT2D eigenvalue weighted by atomic mass is 9.65. The summed E-state index contributed by atoms with van der Waals surface area (Å²) in [5, 5.41) is 60.7. The normalized spacial score (nSPS) is 24.6. The Morgan fingerprint density at radius 2 is 1.74 bits per heavy atom. The summed E-state index contributed by atoms with van der Waals surface area (Å²) in [4.78, 5) is 36.0. The highest BCUT2D eigenvalue weighted by atomic mass is 16.4. The molecule has 9 nitrogen and oxygen atoms in total. The smallest absolute Gasteiger partial charge is 0.347 e. The Hall–Kier alpha value is -3.17. The standard InChI is InChI=1S/C18H16O9/c1-7(19)5-17(26)6-9-2-8-3-10(20)4-11(21)12(8)14(22)13(9)15(23)18(17,27)16(24)25/h2-4,20-22,26-27H,5-6H2,1H3,(H,24,25). The Bertz CT molecular complexity index is 1030. The first kappa shape index (κ1) is 18.6. The van der Waals surface area contributed by atoms with Gasteiger partial charge in [0.15, 0.2) is 0 Å². The number of carbonyl (C=O) groups excluding carboxylic acids is 2. The number of aromatic hydroxyl groups is 3. The molecule has 0 aliphatic heterocycles. The molecule has 0 radical (unpaired) electrons. The Kier molecular flexibility index (Phi) is 3.90. The van der Waals surface area contributed by atoms with Crippen molar-refractivity contribution in [2.45, 2.75) is 31.0 Å². The van der Waals surface area contributed by atoms with Crippen LogP contribution in [0.4, 0.5) is 0 Å². The van der Waals surface area contributed by atoms with E-state index in [1.165, 1.54) is 12.1 Å². The number of aliphatic carboxylic acids is 1. The SMILES string of the molecule is CC(=O)CC1(O)Cc2cc3cc(O)cc(O)c3c(O)c2C(=O)C1(O)C(=O)O. The minimum absolute atomic E-state index is 0.0373. The van der Waals surface area contributed by atoms with Crippen LogP contribution in [0.5, 0.6) is 17.2 Å². The number of Topliss-reactive ketones (excluding diaryl/α,β-unsaturated/α-hetero) is 2. The number of phenolic OH excluding ortho intramolecular Hbond substituents is 3. The van der Waals surface area contributed by atoms with Crippen LogP contribution in [0.25, 0.3) is 10.8 Å². The molecule has 2 unspecified atom stereocenters. The maximum atomic E-state index is 12.8. The molecule has 0 amide bonds. The van der Waals surface area contributed by atoms with Gasteiger partial charge in [0.1, 0.15) is 28.6 Å². The van der Waals surface area contributed by atoms with Crippen molar-refractivity contribution in [3.8, 4) is 17.2 Å². The predicted molar refractivity (Wildman–Crippen MR) is 89.8 cm³/mol. The summed E-state index contributed by atoms with van der Waals surface area (Å²) in [6, 6.07) is 3.35. The van der Waals surface area contributed by atoms with Crippen LogP contribution in [0.1, 0.15) is 29.3 Å². The van der Waals surface area contributed by atoms with E-state index < -0.39 is 58.6 Å². The lowest BCUT2D eigenvalue weighted by Gasteiger charge is -2.43. The van der Waals surface area contributed by atoms with Crippen molar-refractivity contribution in [1.82, 2.24) is 0 Å². The van der Waals surface area contributed by atoms with Crippen LogP contribution in [0.3, 0.4) is 0 Å². The lowest BCUT2D eigenvalue weighted by Crippen LogP contribution is -2.68. The second kappa shape index (κ2) is 5.66. The van der Waals surface area contributed by atoms with Gasteiger partial charge in [-0.05, 0) is 30.0 Å². The summed E-state index contributed by atoms with van der Waals surface area (Å²) < 4.78 is 0. The Balaban J connectivity index is 2.38. The summed E-state index contributed by atoms with van der Waals surface area (Å²) in [6.07, 6.45) is -1.44. The fraction of sp³-hybridized carbons (Fsp3) is 0.278. The molecule has 142 valence electrons. The molecule has 0 fully saturated rings. The minimum Gasteiger partial charge on any atom is -0.508 e. The molecule has 6 N–H and O–H groups in total. The number of carbonyl (C=O) groups is 3. The van der Waals surface area contributed by atoms with Crippen LogP contribution in [-0.4, -0.2) is 59.4 Å². The first-order chi connectivity index (χ1) is 12.4. The number of carboxylic acid groups (broad SMARTS) is 1. The number of hydrogen-bond donors (Lipinski definition) is 6. The largest absolute Gasteiger partial charge is 0.508 e. The number of carboxylic acids is 1. The van der Waals surface area contributed by atoms with Crippen LogP contribution < -0.4 is 0 Å². The van der Waals surface area contributed by atoms with E-state index in [-0.39, 0.29) is 22.1 Å². The van der Waals surface area contributed by atoms with Gasteiger partial charge in [-0.3, -0.25) is 9.59 Å². The summed E-state index contributed by atoms with van der Waals surface area (Å²) in [6.45, 7) is 1.06. The number of hydrogen-bond acceptors (Lipinski definition) is 8. The molecule has 0 aromatic heterocycles. The van der Waals surface area contributed by atoms with Gasteiger partial charge in [0, 0.05) is 18.9 Å². The van der Waals surface area contributed by atoms with Gasteiger partial charge in [0.05, 0.1) is 10.9 Å². The van der Waals surface area contributed by atoms with Crippen LogP contribution >= 0.6 is 0 Å². The molecule has 2 aromatic rings. The third-order valence-corrected chi connectivity index (χ3v) is 4.82. The maximum Gasteiger partial charge on any atom is 0.347 e. The van der Waals surface area contributed by atoms with Gasteiger partial charge in [-0.15, -0.1) is 0 Å². The van der Waals surface area contributed by atoms with Gasteiger partial charge < -0.3 is 30.6 Å². The van der Waals surface area contributed by atoms with E-state index in [2.05, 4.69) is 0 Å². The first-order valence-corrected chi connectivity index (χ1v) is 7.85. The molecule has 0 saturated heterocycles. The molecule has 0 spiro atoms. The van der Waals surface area contributed by atoms with Crippen molar-refractivity contribution < 1.29 is 45.0 Å². The maximum absolute atomic E-state index is 12.8. The number of ketones is 2. The van der Waals surface area contributed by atoms with E-state index in [4.69, 9.17) is 0 Å².